The SMILES string of the molecule is CCc1cnc(CNS(=O)(=O)CC(C)CCl)o1. The van der Waals surface area contributed by atoms with Crippen LogP contribution in [-0.4, -0.2) is 25.0 Å². The van der Waals surface area contributed by atoms with E-state index in [1.54, 1.807) is 13.1 Å². The minimum atomic E-state index is -3.32. The van der Waals surface area contributed by atoms with E-state index in [-0.39, 0.29) is 18.2 Å². The lowest BCUT2D eigenvalue weighted by atomic mass is 10.3. The summed E-state index contributed by atoms with van der Waals surface area (Å²) in [4.78, 5) is 3.97. The Morgan fingerprint density at radius 3 is 2.82 bits per heavy atom. The third-order valence-corrected chi connectivity index (χ3v) is 4.28. The number of nitrogens with zero attached hydrogens (tertiary/aromatic N) is 1. The number of aromatic nitrogens is 1. The van der Waals surface area contributed by atoms with Crippen LogP contribution >= 0.6 is 11.6 Å². The average molecular weight is 281 g/mol. The van der Waals surface area contributed by atoms with E-state index in [1.165, 1.54) is 0 Å². The van der Waals surface area contributed by atoms with Gasteiger partial charge < -0.3 is 4.42 Å². The lowest BCUT2D eigenvalue weighted by Gasteiger charge is -2.08. The Kier molecular flexibility index (Phi) is 5.42. The summed E-state index contributed by atoms with van der Waals surface area (Å²) in [7, 11) is -3.32. The van der Waals surface area contributed by atoms with Gasteiger partial charge in [0, 0.05) is 12.3 Å². The first-order valence-electron chi connectivity index (χ1n) is 5.43. The first-order chi connectivity index (χ1) is 7.96. The number of hydrogen-bond donors (Lipinski definition) is 1. The number of aryl methyl sites for hydroxylation is 1. The molecule has 5 nitrogen and oxygen atoms in total. The Hall–Kier alpha value is -0.590. The molecule has 17 heavy (non-hydrogen) atoms. The molecule has 0 bridgehead atoms. The number of nitrogens with one attached hydrogen (secondary N) is 1. The van der Waals surface area contributed by atoms with Gasteiger partial charge in [0.25, 0.3) is 0 Å². The van der Waals surface area contributed by atoms with E-state index in [4.69, 9.17) is 16.0 Å². The number of oxazole rings is 1. The fourth-order valence-corrected chi connectivity index (χ4v) is 2.81. The molecule has 0 amide bonds. The van der Waals surface area contributed by atoms with Crippen LogP contribution in [0.15, 0.2) is 10.6 Å². The Bertz CT molecular complexity index is 444. The Balaban J connectivity index is 2.49. The van der Waals surface area contributed by atoms with Crippen molar-refractivity contribution in [2.75, 3.05) is 11.6 Å². The molecule has 0 radical (unpaired) electrons. The topological polar surface area (TPSA) is 72.2 Å². The number of alkyl halides is 1. The zero-order valence-electron chi connectivity index (χ0n) is 9.94. The van der Waals surface area contributed by atoms with E-state index in [9.17, 15) is 8.42 Å². The monoisotopic (exact) mass is 280 g/mol. The number of sulfonamides is 1. The standard InChI is InChI=1S/C10H17ClN2O3S/c1-3-9-5-12-10(16-9)6-13-17(14,15)7-8(2)4-11/h5,8,13H,3-4,6-7H2,1-2H3. The van der Waals surface area contributed by atoms with Crippen LogP contribution in [0.4, 0.5) is 0 Å². The van der Waals surface area contributed by atoms with Gasteiger partial charge in [0.05, 0.1) is 18.5 Å². The second-order valence-electron chi connectivity index (χ2n) is 3.94. The fraction of sp³-hybridized carbons (Fsp3) is 0.700. The van der Waals surface area contributed by atoms with Crippen LogP contribution in [0.5, 0.6) is 0 Å². The van der Waals surface area contributed by atoms with Crippen LogP contribution in [0.3, 0.4) is 0 Å². The van der Waals surface area contributed by atoms with Gasteiger partial charge in [-0.15, -0.1) is 11.6 Å². The van der Waals surface area contributed by atoms with Crippen LogP contribution in [0, 0.1) is 5.92 Å². The van der Waals surface area contributed by atoms with E-state index < -0.39 is 10.0 Å². The zero-order valence-corrected chi connectivity index (χ0v) is 11.5. The number of rotatable bonds is 7. The van der Waals surface area contributed by atoms with Gasteiger partial charge in [0.1, 0.15) is 5.76 Å². The van der Waals surface area contributed by atoms with E-state index in [2.05, 4.69) is 9.71 Å². The molecule has 0 aliphatic heterocycles. The molecule has 0 spiro atoms. The third-order valence-electron chi connectivity index (χ3n) is 2.16. The van der Waals surface area contributed by atoms with Crippen molar-refractivity contribution in [3.05, 3.63) is 17.8 Å². The molecule has 1 atom stereocenters. The summed E-state index contributed by atoms with van der Waals surface area (Å²) in [5.41, 5.74) is 0. The van der Waals surface area contributed by atoms with E-state index in [1.807, 2.05) is 6.92 Å². The van der Waals surface area contributed by atoms with Crippen molar-refractivity contribution in [2.24, 2.45) is 5.92 Å². The molecule has 7 heteroatoms. The summed E-state index contributed by atoms with van der Waals surface area (Å²) in [5, 5.41) is 0. The van der Waals surface area contributed by atoms with Crippen LogP contribution in [-0.2, 0) is 23.0 Å². The summed E-state index contributed by atoms with van der Waals surface area (Å²) in [6.07, 6.45) is 2.34. The lowest BCUT2D eigenvalue weighted by molar-refractivity contribution is 0.451. The predicted octanol–water partition coefficient (Wildman–Crippen LogP) is 1.53. The van der Waals surface area contributed by atoms with Crippen molar-refractivity contribution >= 4 is 21.6 Å². The van der Waals surface area contributed by atoms with Gasteiger partial charge in [-0.25, -0.2) is 18.1 Å². The molecule has 0 aromatic carbocycles. The fourth-order valence-electron chi connectivity index (χ4n) is 1.24. The summed E-state index contributed by atoms with van der Waals surface area (Å²) in [6.45, 7) is 3.81. The van der Waals surface area contributed by atoms with Gasteiger partial charge in [0.2, 0.25) is 15.9 Å². The summed E-state index contributed by atoms with van der Waals surface area (Å²) >= 11 is 5.57. The normalized spacial score (nSPS) is 13.8. The second kappa shape index (κ2) is 6.37. The van der Waals surface area contributed by atoms with E-state index in [0.717, 1.165) is 12.2 Å². The highest BCUT2D eigenvalue weighted by molar-refractivity contribution is 7.89. The summed E-state index contributed by atoms with van der Waals surface area (Å²) in [6, 6.07) is 0. The van der Waals surface area contributed by atoms with Crippen molar-refractivity contribution in [2.45, 2.75) is 26.8 Å². The molecule has 1 unspecified atom stereocenters. The van der Waals surface area contributed by atoms with E-state index in [0.29, 0.717) is 11.8 Å². The van der Waals surface area contributed by atoms with Gasteiger partial charge in [-0.3, -0.25) is 0 Å². The maximum absolute atomic E-state index is 11.6. The lowest BCUT2D eigenvalue weighted by Crippen LogP contribution is -2.29. The summed E-state index contributed by atoms with van der Waals surface area (Å²) in [5.74, 6) is 1.37. The minimum Gasteiger partial charge on any atom is -0.444 e. The molecule has 0 saturated heterocycles. The Labute approximate surface area is 107 Å². The van der Waals surface area contributed by atoms with Gasteiger partial charge in [-0.05, 0) is 5.92 Å². The van der Waals surface area contributed by atoms with Gasteiger partial charge in [0.15, 0.2) is 0 Å². The van der Waals surface area contributed by atoms with Gasteiger partial charge in [-0.2, -0.15) is 0 Å². The third kappa shape index (κ3) is 5.06. The van der Waals surface area contributed by atoms with Crippen molar-refractivity contribution in [3.8, 4) is 0 Å². The van der Waals surface area contributed by atoms with Crippen molar-refractivity contribution in [1.29, 1.82) is 0 Å². The maximum atomic E-state index is 11.6. The zero-order chi connectivity index (χ0) is 12.9. The highest BCUT2D eigenvalue weighted by Crippen LogP contribution is 2.06. The van der Waals surface area contributed by atoms with Crippen LogP contribution in [0.25, 0.3) is 0 Å². The first-order valence-corrected chi connectivity index (χ1v) is 7.62. The van der Waals surface area contributed by atoms with Crippen molar-refractivity contribution in [1.82, 2.24) is 9.71 Å². The maximum Gasteiger partial charge on any atom is 0.212 e. The molecule has 1 N–H and O–H groups in total. The average Bonchev–Trinajstić information content (AvgIpc) is 2.73. The predicted molar refractivity (Wildman–Crippen MR) is 66.4 cm³/mol. The second-order valence-corrected chi connectivity index (χ2v) is 6.10. The quantitative estimate of drug-likeness (QED) is 0.769. The first kappa shape index (κ1) is 14.5. The van der Waals surface area contributed by atoms with Crippen molar-refractivity contribution in [3.63, 3.8) is 0 Å². The highest BCUT2D eigenvalue weighted by atomic mass is 35.5. The highest BCUT2D eigenvalue weighted by Gasteiger charge is 2.15. The molecule has 0 fully saturated rings. The summed E-state index contributed by atoms with van der Waals surface area (Å²) < 4.78 is 31.0. The Morgan fingerprint density at radius 1 is 1.59 bits per heavy atom. The number of hydrogen-bond acceptors (Lipinski definition) is 4. The molecule has 1 rings (SSSR count). The largest absolute Gasteiger partial charge is 0.444 e. The molecule has 1 aromatic rings. The minimum absolute atomic E-state index is 0.0117. The molecule has 0 aliphatic rings. The molecular weight excluding hydrogens is 264 g/mol. The van der Waals surface area contributed by atoms with Crippen LogP contribution in [0.1, 0.15) is 25.5 Å². The molecular formula is C10H17ClN2O3S. The molecule has 0 aliphatic carbocycles. The number of halogens is 1. The molecule has 0 saturated carbocycles. The molecule has 1 aromatic heterocycles. The molecule has 98 valence electrons. The van der Waals surface area contributed by atoms with Crippen LogP contribution in [0.2, 0.25) is 0 Å². The molecule has 1 heterocycles. The van der Waals surface area contributed by atoms with Gasteiger partial charge in [-0.1, -0.05) is 13.8 Å². The Morgan fingerprint density at radius 2 is 2.29 bits per heavy atom. The van der Waals surface area contributed by atoms with Gasteiger partial charge >= 0.3 is 0 Å². The van der Waals surface area contributed by atoms with E-state index >= 15 is 0 Å². The van der Waals surface area contributed by atoms with Crippen LogP contribution < -0.4 is 4.72 Å². The van der Waals surface area contributed by atoms with Crippen molar-refractivity contribution < 1.29 is 12.8 Å². The smallest absolute Gasteiger partial charge is 0.212 e.